The maximum absolute atomic E-state index is 13.1. The van der Waals surface area contributed by atoms with Crippen LogP contribution in [0.15, 0.2) is 48.5 Å². The Morgan fingerprint density at radius 1 is 1.07 bits per heavy atom. The number of likely N-dealkylation sites (tertiary alicyclic amines) is 1. The molecule has 1 unspecified atom stereocenters. The van der Waals surface area contributed by atoms with E-state index in [0.29, 0.717) is 42.7 Å². The van der Waals surface area contributed by atoms with Crippen molar-refractivity contribution in [3.63, 3.8) is 0 Å². The minimum Gasteiger partial charge on any atom is -0.345 e. The Morgan fingerprint density at radius 3 is 2.48 bits per heavy atom. The zero-order valence-electron chi connectivity index (χ0n) is 16.5. The lowest BCUT2D eigenvalue weighted by atomic mass is 9.96. The van der Waals surface area contributed by atoms with Crippen molar-refractivity contribution in [1.29, 1.82) is 0 Å². The molecule has 152 valence electrons. The Morgan fingerprint density at radius 2 is 1.79 bits per heavy atom. The minimum absolute atomic E-state index is 0.144. The molecule has 2 aromatic rings. The Bertz CT molecular complexity index is 912. The summed E-state index contributed by atoms with van der Waals surface area (Å²) < 4.78 is 13.1. The highest BCUT2D eigenvalue weighted by Crippen LogP contribution is 2.21. The number of halogens is 1. The van der Waals surface area contributed by atoms with Crippen LogP contribution in [0, 0.1) is 11.7 Å². The number of nitrogens with zero attached hydrogens (tertiary/aromatic N) is 2. The predicted molar refractivity (Wildman–Crippen MR) is 108 cm³/mol. The molecule has 0 aromatic heterocycles. The first kappa shape index (κ1) is 20.5. The van der Waals surface area contributed by atoms with Crippen LogP contribution >= 0.6 is 0 Å². The molecule has 1 saturated heterocycles. The zero-order valence-corrected chi connectivity index (χ0v) is 16.5. The molecule has 0 radical (unpaired) electrons. The van der Waals surface area contributed by atoms with E-state index in [2.05, 4.69) is 5.32 Å². The SMILES string of the molecule is CN(C)C(=O)c1cccc(NC(=O)C2CCCN(C(=O)c3ccc(F)cc3)C2)c1. The summed E-state index contributed by atoms with van der Waals surface area (Å²) in [5.41, 5.74) is 1.44. The molecule has 1 atom stereocenters. The van der Waals surface area contributed by atoms with Crippen molar-refractivity contribution < 1.29 is 18.8 Å². The fraction of sp³-hybridized carbons (Fsp3) is 0.318. The van der Waals surface area contributed by atoms with Gasteiger partial charge in [-0.1, -0.05) is 6.07 Å². The Labute approximate surface area is 169 Å². The van der Waals surface area contributed by atoms with Crippen molar-refractivity contribution >= 4 is 23.4 Å². The van der Waals surface area contributed by atoms with Gasteiger partial charge in [-0.25, -0.2) is 4.39 Å². The molecule has 7 heteroatoms. The van der Waals surface area contributed by atoms with E-state index in [-0.39, 0.29) is 23.6 Å². The Hall–Kier alpha value is -3.22. The molecule has 0 saturated carbocycles. The molecule has 3 amide bonds. The first-order valence-corrected chi connectivity index (χ1v) is 9.52. The van der Waals surface area contributed by atoms with E-state index in [4.69, 9.17) is 0 Å². The normalized spacial score (nSPS) is 16.2. The van der Waals surface area contributed by atoms with Crippen molar-refractivity contribution in [1.82, 2.24) is 9.80 Å². The number of nitrogens with one attached hydrogen (secondary N) is 1. The largest absolute Gasteiger partial charge is 0.345 e. The molecular formula is C22H24FN3O3. The van der Waals surface area contributed by atoms with Gasteiger partial charge < -0.3 is 15.1 Å². The number of anilines is 1. The third-order valence-corrected chi connectivity index (χ3v) is 4.95. The monoisotopic (exact) mass is 397 g/mol. The van der Waals surface area contributed by atoms with Crippen LogP contribution < -0.4 is 5.32 Å². The molecular weight excluding hydrogens is 373 g/mol. The standard InChI is InChI=1S/C22H24FN3O3/c1-25(2)21(28)16-5-3-7-19(13-16)24-20(27)17-6-4-12-26(14-17)22(29)15-8-10-18(23)11-9-15/h3,5,7-11,13,17H,4,6,12,14H2,1-2H3,(H,24,27). The molecule has 0 spiro atoms. The molecule has 2 aromatic carbocycles. The molecule has 1 fully saturated rings. The average Bonchev–Trinajstić information content (AvgIpc) is 2.73. The van der Waals surface area contributed by atoms with Gasteiger partial charge in [0, 0.05) is 44.0 Å². The van der Waals surface area contributed by atoms with Crippen LogP contribution in [-0.4, -0.2) is 54.7 Å². The summed E-state index contributed by atoms with van der Waals surface area (Å²) in [5.74, 6) is -1.28. The fourth-order valence-corrected chi connectivity index (χ4v) is 3.38. The number of carbonyl (C=O) groups excluding carboxylic acids is 3. The predicted octanol–water partition coefficient (Wildman–Crippen LogP) is 3.02. The van der Waals surface area contributed by atoms with E-state index >= 15 is 0 Å². The first-order valence-electron chi connectivity index (χ1n) is 9.52. The maximum atomic E-state index is 13.1. The molecule has 1 N–H and O–H groups in total. The van der Waals surface area contributed by atoms with E-state index < -0.39 is 5.82 Å². The molecule has 1 aliphatic heterocycles. The van der Waals surface area contributed by atoms with Gasteiger partial charge in [0.25, 0.3) is 11.8 Å². The Balaban J connectivity index is 1.65. The lowest BCUT2D eigenvalue weighted by molar-refractivity contribution is -0.121. The maximum Gasteiger partial charge on any atom is 0.253 e. The van der Waals surface area contributed by atoms with Gasteiger partial charge >= 0.3 is 0 Å². The van der Waals surface area contributed by atoms with E-state index in [0.717, 1.165) is 0 Å². The first-order chi connectivity index (χ1) is 13.8. The number of piperidine rings is 1. The van der Waals surface area contributed by atoms with Crippen molar-refractivity contribution in [3.8, 4) is 0 Å². The summed E-state index contributed by atoms with van der Waals surface area (Å²) in [4.78, 5) is 40.6. The number of benzene rings is 2. The van der Waals surface area contributed by atoms with Crippen LogP contribution in [0.1, 0.15) is 33.6 Å². The summed E-state index contributed by atoms with van der Waals surface area (Å²) in [6.45, 7) is 0.866. The second-order valence-corrected chi connectivity index (χ2v) is 7.37. The lowest BCUT2D eigenvalue weighted by Crippen LogP contribution is -2.43. The summed E-state index contributed by atoms with van der Waals surface area (Å²) in [6, 6.07) is 12.2. The molecule has 1 heterocycles. The van der Waals surface area contributed by atoms with E-state index in [1.807, 2.05) is 0 Å². The molecule has 29 heavy (non-hydrogen) atoms. The van der Waals surface area contributed by atoms with Crippen LogP contribution in [-0.2, 0) is 4.79 Å². The molecule has 6 nitrogen and oxygen atoms in total. The van der Waals surface area contributed by atoms with Gasteiger partial charge in [0.1, 0.15) is 5.82 Å². The summed E-state index contributed by atoms with van der Waals surface area (Å²) in [5, 5.41) is 2.86. The van der Waals surface area contributed by atoms with Gasteiger partial charge in [-0.05, 0) is 55.3 Å². The van der Waals surface area contributed by atoms with Gasteiger partial charge in [-0.2, -0.15) is 0 Å². The van der Waals surface area contributed by atoms with Crippen molar-refractivity contribution in [2.75, 3.05) is 32.5 Å². The minimum atomic E-state index is -0.396. The lowest BCUT2D eigenvalue weighted by Gasteiger charge is -2.32. The van der Waals surface area contributed by atoms with Gasteiger partial charge in [0.15, 0.2) is 0 Å². The average molecular weight is 397 g/mol. The number of amides is 3. The third-order valence-electron chi connectivity index (χ3n) is 4.95. The van der Waals surface area contributed by atoms with Gasteiger partial charge in [0.05, 0.1) is 5.92 Å². The van der Waals surface area contributed by atoms with Gasteiger partial charge in [-0.15, -0.1) is 0 Å². The van der Waals surface area contributed by atoms with Crippen molar-refractivity contribution in [2.45, 2.75) is 12.8 Å². The number of hydrogen-bond acceptors (Lipinski definition) is 3. The second kappa shape index (κ2) is 8.86. The van der Waals surface area contributed by atoms with Crippen LogP contribution in [0.3, 0.4) is 0 Å². The topological polar surface area (TPSA) is 69.7 Å². The number of rotatable bonds is 4. The van der Waals surface area contributed by atoms with Crippen LogP contribution in [0.5, 0.6) is 0 Å². The number of hydrogen-bond donors (Lipinski definition) is 1. The molecule has 3 rings (SSSR count). The van der Waals surface area contributed by atoms with Crippen LogP contribution in [0.25, 0.3) is 0 Å². The van der Waals surface area contributed by atoms with E-state index in [9.17, 15) is 18.8 Å². The zero-order chi connectivity index (χ0) is 21.0. The summed E-state index contributed by atoms with van der Waals surface area (Å²) in [7, 11) is 3.34. The van der Waals surface area contributed by atoms with E-state index in [1.54, 1.807) is 43.3 Å². The van der Waals surface area contributed by atoms with Crippen molar-refractivity contribution in [2.24, 2.45) is 5.92 Å². The quantitative estimate of drug-likeness (QED) is 0.862. The summed E-state index contributed by atoms with van der Waals surface area (Å²) in [6.07, 6.45) is 1.39. The highest BCUT2D eigenvalue weighted by atomic mass is 19.1. The number of carbonyl (C=O) groups is 3. The van der Waals surface area contributed by atoms with Crippen LogP contribution in [0.2, 0.25) is 0 Å². The summed E-state index contributed by atoms with van der Waals surface area (Å²) >= 11 is 0. The van der Waals surface area contributed by atoms with E-state index in [1.165, 1.54) is 29.2 Å². The second-order valence-electron chi connectivity index (χ2n) is 7.37. The molecule has 0 bridgehead atoms. The highest BCUT2D eigenvalue weighted by Gasteiger charge is 2.29. The third kappa shape index (κ3) is 4.99. The van der Waals surface area contributed by atoms with Gasteiger partial charge in [-0.3, -0.25) is 14.4 Å². The molecule has 0 aliphatic carbocycles. The Kier molecular flexibility index (Phi) is 6.26. The van der Waals surface area contributed by atoms with Gasteiger partial charge in [0.2, 0.25) is 5.91 Å². The smallest absolute Gasteiger partial charge is 0.253 e. The fourth-order valence-electron chi connectivity index (χ4n) is 3.38. The van der Waals surface area contributed by atoms with Crippen LogP contribution in [0.4, 0.5) is 10.1 Å². The highest BCUT2D eigenvalue weighted by molar-refractivity contribution is 5.98. The van der Waals surface area contributed by atoms with Crippen molar-refractivity contribution in [3.05, 3.63) is 65.5 Å². The molecule has 1 aliphatic rings.